The maximum absolute atomic E-state index is 10.4. The molecule has 0 heterocycles. The minimum atomic E-state index is -0.446. The van der Waals surface area contributed by atoms with E-state index in [9.17, 15) is 5.11 Å². The van der Waals surface area contributed by atoms with Crippen LogP contribution >= 0.6 is 0 Å². The summed E-state index contributed by atoms with van der Waals surface area (Å²) in [7, 11) is 1.74. The zero-order chi connectivity index (χ0) is 11.9. The van der Waals surface area contributed by atoms with Crippen LogP contribution in [0.5, 0.6) is 0 Å². The highest BCUT2D eigenvalue weighted by Crippen LogP contribution is 2.31. The summed E-state index contributed by atoms with van der Waals surface area (Å²) < 4.78 is 5.00. The summed E-state index contributed by atoms with van der Waals surface area (Å²) in [6.07, 6.45) is 6.58. The van der Waals surface area contributed by atoms with Gasteiger partial charge in [0.25, 0.3) is 0 Å². The van der Waals surface area contributed by atoms with Gasteiger partial charge in [-0.25, -0.2) is 0 Å². The van der Waals surface area contributed by atoms with Crippen LogP contribution in [-0.4, -0.2) is 37.5 Å². The molecule has 0 aromatic heterocycles. The van der Waals surface area contributed by atoms with Crippen molar-refractivity contribution < 1.29 is 9.84 Å². The molecule has 1 saturated carbocycles. The van der Waals surface area contributed by atoms with E-state index in [0.29, 0.717) is 5.92 Å². The summed E-state index contributed by atoms with van der Waals surface area (Å²) in [6.45, 7) is 4.82. The fourth-order valence-corrected chi connectivity index (χ4v) is 2.61. The molecule has 3 nitrogen and oxygen atoms in total. The third-order valence-electron chi connectivity index (χ3n) is 3.47. The Kier molecular flexibility index (Phi) is 6.32. The fourth-order valence-electron chi connectivity index (χ4n) is 2.61. The highest BCUT2D eigenvalue weighted by atomic mass is 16.5. The molecule has 0 saturated heterocycles. The van der Waals surface area contributed by atoms with E-state index < -0.39 is 5.60 Å². The van der Waals surface area contributed by atoms with Crippen LogP contribution in [0.2, 0.25) is 0 Å². The molecule has 0 radical (unpaired) electrons. The van der Waals surface area contributed by atoms with E-state index in [0.717, 1.165) is 45.4 Å². The van der Waals surface area contributed by atoms with E-state index >= 15 is 0 Å². The molecule has 0 bridgehead atoms. The zero-order valence-corrected chi connectivity index (χ0v) is 10.8. The second-order valence-corrected chi connectivity index (χ2v) is 5.30. The average Bonchev–Trinajstić information content (AvgIpc) is 2.23. The van der Waals surface area contributed by atoms with Crippen molar-refractivity contribution in [2.75, 3.05) is 26.8 Å². The molecular weight excluding hydrogens is 202 g/mol. The van der Waals surface area contributed by atoms with Crippen molar-refractivity contribution in [3.05, 3.63) is 0 Å². The van der Waals surface area contributed by atoms with Gasteiger partial charge in [-0.15, -0.1) is 0 Å². The number of methoxy groups -OCH3 is 1. The molecule has 3 heteroatoms. The molecule has 0 aliphatic heterocycles. The number of unbranched alkanes of at least 4 members (excludes halogenated alkanes) is 1. The quantitative estimate of drug-likeness (QED) is 0.656. The van der Waals surface area contributed by atoms with E-state index in [1.165, 1.54) is 12.8 Å². The van der Waals surface area contributed by atoms with Crippen molar-refractivity contribution >= 4 is 0 Å². The normalized spacial score (nSPS) is 30.6. The topological polar surface area (TPSA) is 41.5 Å². The van der Waals surface area contributed by atoms with Crippen LogP contribution in [0.25, 0.3) is 0 Å². The fraction of sp³-hybridized carbons (Fsp3) is 1.00. The van der Waals surface area contributed by atoms with Gasteiger partial charge in [0.2, 0.25) is 0 Å². The van der Waals surface area contributed by atoms with E-state index in [1.807, 2.05) is 0 Å². The summed E-state index contributed by atoms with van der Waals surface area (Å²) >= 11 is 0. The van der Waals surface area contributed by atoms with Crippen LogP contribution < -0.4 is 5.32 Å². The molecule has 0 aromatic rings. The van der Waals surface area contributed by atoms with Gasteiger partial charge in [0.05, 0.1) is 5.60 Å². The molecule has 96 valence electrons. The van der Waals surface area contributed by atoms with E-state index in [2.05, 4.69) is 12.2 Å². The van der Waals surface area contributed by atoms with Crippen LogP contribution in [0.1, 0.15) is 45.4 Å². The Balaban J connectivity index is 2.06. The maximum atomic E-state index is 10.4. The Morgan fingerprint density at radius 3 is 2.94 bits per heavy atom. The van der Waals surface area contributed by atoms with E-state index in [-0.39, 0.29) is 0 Å². The highest BCUT2D eigenvalue weighted by Gasteiger charge is 2.31. The van der Waals surface area contributed by atoms with Crippen LogP contribution in [0.15, 0.2) is 0 Å². The zero-order valence-electron chi connectivity index (χ0n) is 10.8. The van der Waals surface area contributed by atoms with Gasteiger partial charge in [0.15, 0.2) is 0 Å². The van der Waals surface area contributed by atoms with Gasteiger partial charge < -0.3 is 15.2 Å². The molecule has 2 unspecified atom stereocenters. The van der Waals surface area contributed by atoms with Gasteiger partial charge in [0.1, 0.15) is 0 Å². The first-order chi connectivity index (χ1) is 7.66. The van der Waals surface area contributed by atoms with Gasteiger partial charge in [-0.1, -0.05) is 19.8 Å². The molecule has 16 heavy (non-hydrogen) atoms. The molecule has 1 rings (SSSR count). The van der Waals surface area contributed by atoms with Gasteiger partial charge in [-0.2, -0.15) is 0 Å². The third kappa shape index (κ3) is 5.28. The lowest BCUT2D eigenvalue weighted by molar-refractivity contribution is -0.0116. The maximum Gasteiger partial charge on any atom is 0.0774 e. The molecule has 1 fully saturated rings. The Morgan fingerprint density at radius 2 is 2.25 bits per heavy atom. The third-order valence-corrected chi connectivity index (χ3v) is 3.47. The predicted molar refractivity (Wildman–Crippen MR) is 66.6 cm³/mol. The monoisotopic (exact) mass is 229 g/mol. The van der Waals surface area contributed by atoms with Crippen LogP contribution in [-0.2, 0) is 4.74 Å². The van der Waals surface area contributed by atoms with Gasteiger partial charge in [0, 0.05) is 20.3 Å². The number of ether oxygens (including phenoxy) is 1. The van der Waals surface area contributed by atoms with E-state index in [1.54, 1.807) is 7.11 Å². The first kappa shape index (κ1) is 13.9. The van der Waals surface area contributed by atoms with Gasteiger partial charge >= 0.3 is 0 Å². The number of nitrogens with one attached hydrogen (secondary N) is 1. The number of rotatable bonds is 7. The lowest BCUT2D eigenvalue weighted by Gasteiger charge is -2.35. The summed E-state index contributed by atoms with van der Waals surface area (Å²) in [5, 5.41) is 13.7. The van der Waals surface area contributed by atoms with Crippen molar-refractivity contribution in [1.82, 2.24) is 5.32 Å². The van der Waals surface area contributed by atoms with Crippen LogP contribution in [0, 0.1) is 5.92 Å². The molecule has 1 aliphatic rings. The molecule has 1 aliphatic carbocycles. The molecular formula is C13H27NO2. The molecule has 0 amide bonds. The number of hydrogen-bond donors (Lipinski definition) is 2. The van der Waals surface area contributed by atoms with Crippen molar-refractivity contribution in [2.45, 2.75) is 51.0 Å². The second-order valence-electron chi connectivity index (χ2n) is 5.30. The van der Waals surface area contributed by atoms with Crippen molar-refractivity contribution in [3.8, 4) is 0 Å². The van der Waals surface area contributed by atoms with Crippen molar-refractivity contribution in [2.24, 2.45) is 5.92 Å². The first-order valence-corrected chi connectivity index (χ1v) is 6.58. The Hall–Kier alpha value is -0.120. The minimum Gasteiger partial charge on any atom is -0.389 e. The Labute approximate surface area is 99.6 Å². The van der Waals surface area contributed by atoms with Crippen molar-refractivity contribution in [3.63, 3.8) is 0 Å². The molecule has 0 aromatic carbocycles. The lowest BCUT2D eigenvalue weighted by Crippen LogP contribution is -2.44. The smallest absolute Gasteiger partial charge is 0.0774 e. The standard InChI is InChI=1S/C13H27NO2/c1-12-6-5-7-13(15,10-12)11-14-8-3-4-9-16-2/h12,14-15H,3-11H2,1-2H3. The molecule has 2 atom stereocenters. The lowest BCUT2D eigenvalue weighted by atomic mass is 9.79. The van der Waals surface area contributed by atoms with Crippen molar-refractivity contribution in [1.29, 1.82) is 0 Å². The SMILES string of the molecule is COCCCCNCC1(O)CCCC(C)C1. The summed E-state index contributed by atoms with van der Waals surface area (Å²) in [4.78, 5) is 0. The number of hydrogen-bond acceptors (Lipinski definition) is 3. The largest absolute Gasteiger partial charge is 0.389 e. The van der Waals surface area contributed by atoms with Gasteiger partial charge in [-0.3, -0.25) is 0 Å². The minimum absolute atomic E-state index is 0.446. The summed E-state index contributed by atoms with van der Waals surface area (Å²) in [5.74, 6) is 0.675. The average molecular weight is 229 g/mol. The Bertz CT molecular complexity index is 187. The molecule has 0 spiro atoms. The van der Waals surface area contributed by atoms with Crippen LogP contribution in [0.4, 0.5) is 0 Å². The highest BCUT2D eigenvalue weighted by molar-refractivity contribution is 4.86. The first-order valence-electron chi connectivity index (χ1n) is 6.58. The summed E-state index contributed by atoms with van der Waals surface area (Å²) in [6, 6.07) is 0. The predicted octanol–water partition coefficient (Wildman–Crippen LogP) is 1.94. The van der Waals surface area contributed by atoms with E-state index in [4.69, 9.17) is 4.74 Å². The number of aliphatic hydroxyl groups is 1. The van der Waals surface area contributed by atoms with Gasteiger partial charge in [-0.05, 0) is 38.1 Å². The Morgan fingerprint density at radius 1 is 1.44 bits per heavy atom. The summed E-state index contributed by atoms with van der Waals surface area (Å²) in [5.41, 5.74) is -0.446. The second kappa shape index (κ2) is 7.25. The van der Waals surface area contributed by atoms with Crippen LogP contribution in [0.3, 0.4) is 0 Å². The molecule has 2 N–H and O–H groups in total.